The number of rotatable bonds is 9. The summed E-state index contributed by atoms with van der Waals surface area (Å²) in [5.74, 6) is -0.978. The molecule has 0 spiro atoms. The van der Waals surface area contributed by atoms with Gasteiger partial charge in [0.05, 0.1) is 45.8 Å². The Morgan fingerprint density at radius 2 is 1.86 bits per heavy atom. The number of nitriles is 1. The van der Waals surface area contributed by atoms with E-state index in [0.717, 1.165) is 5.56 Å². The Morgan fingerprint density at radius 1 is 1.06 bits per heavy atom. The van der Waals surface area contributed by atoms with Crippen LogP contribution in [0.15, 0.2) is 97.3 Å². The maximum absolute atomic E-state index is 14.1. The van der Waals surface area contributed by atoms with Crippen LogP contribution in [0.5, 0.6) is 0 Å². The average Bonchev–Trinajstić information content (AvgIpc) is 3.83. The monoisotopic (exact) mass is 724 g/mol. The number of likely N-dealkylation sites (tertiary alicyclic amines) is 1. The number of aromatic nitrogens is 4. The van der Waals surface area contributed by atoms with Crippen molar-refractivity contribution in [2.75, 3.05) is 23.7 Å². The molecule has 1 fully saturated rings. The summed E-state index contributed by atoms with van der Waals surface area (Å²) in [4.78, 5) is 19.0. The van der Waals surface area contributed by atoms with Crippen molar-refractivity contribution in [1.29, 1.82) is 5.26 Å². The first-order valence-electron chi connectivity index (χ1n) is 15.9. The lowest BCUT2D eigenvalue weighted by Gasteiger charge is -2.21. The van der Waals surface area contributed by atoms with Crippen molar-refractivity contribution in [2.24, 2.45) is 0 Å². The van der Waals surface area contributed by atoms with Crippen molar-refractivity contribution < 1.29 is 18.3 Å². The number of nitrogens with one attached hydrogen (secondary N) is 2. The van der Waals surface area contributed by atoms with Crippen LogP contribution < -0.4 is 10.6 Å². The maximum Gasteiger partial charge on any atom is 0.410 e. The van der Waals surface area contributed by atoms with Gasteiger partial charge < -0.3 is 20.3 Å². The standard InChI is InChI=1S/C37H28Cl2F2N8O2/c38-25-14-29-34(44-27-10-11-31(41)30(39)16-27)24(17-42)18-43-36(29)32(15-25)45-35(23-6-8-26(40)9-7-23)33-20-49(47-46-33)28-12-13-48(19-28)37(50)51-21-22-4-2-1-3-5-22/h1-11,14-16,18,20,28,35,45H,12-13,19,21H2,(H,43,44)/t28-,35?/m1/s1. The highest BCUT2D eigenvalue weighted by Gasteiger charge is 2.30. The normalized spacial score (nSPS) is 14.6. The molecule has 2 atom stereocenters. The van der Waals surface area contributed by atoms with Crippen LogP contribution in [0.2, 0.25) is 10.0 Å². The Balaban J connectivity index is 1.18. The molecule has 1 unspecified atom stereocenters. The molecule has 10 nitrogen and oxygen atoms in total. The molecule has 14 heteroatoms. The molecule has 1 aliphatic rings. The van der Waals surface area contributed by atoms with E-state index in [4.69, 9.17) is 27.9 Å². The number of amides is 1. The van der Waals surface area contributed by atoms with Crippen LogP contribution in [-0.4, -0.2) is 44.1 Å². The Bertz CT molecular complexity index is 2260. The first kappa shape index (κ1) is 33.7. The van der Waals surface area contributed by atoms with E-state index in [1.54, 1.807) is 40.0 Å². The van der Waals surface area contributed by atoms with Gasteiger partial charge in [0, 0.05) is 35.4 Å². The molecular weight excluding hydrogens is 697 g/mol. The molecule has 0 aliphatic carbocycles. The molecule has 3 heterocycles. The quantitative estimate of drug-likeness (QED) is 0.152. The van der Waals surface area contributed by atoms with Crippen molar-refractivity contribution >= 4 is 57.3 Å². The molecule has 0 radical (unpaired) electrons. The highest BCUT2D eigenvalue weighted by molar-refractivity contribution is 6.32. The topological polar surface area (TPSA) is 121 Å². The minimum absolute atomic E-state index is 0.0826. The van der Waals surface area contributed by atoms with Crippen LogP contribution in [0.3, 0.4) is 0 Å². The zero-order valence-corrected chi connectivity index (χ0v) is 28.2. The van der Waals surface area contributed by atoms with Gasteiger partial charge in [0.15, 0.2) is 0 Å². The van der Waals surface area contributed by atoms with Gasteiger partial charge in [-0.15, -0.1) is 5.10 Å². The number of pyridine rings is 1. The van der Waals surface area contributed by atoms with E-state index in [2.05, 4.69) is 32.0 Å². The Labute approximate surface area is 301 Å². The number of hydrogen-bond acceptors (Lipinski definition) is 8. The number of carbonyl (C=O) groups is 1. The molecule has 0 bridgehead atoms. The number of carbonyl (C=O) groups excluding carboxylic acids is 1. The SMILES string of the molecule is N#Cc1cnc2c(NC(c3ccc(F)cc3)c3cn([C@@H]4CCN(C(=O)OCc5ccccc5)C4)nn3)cc(Cl)cc2c1Nc1ccc(F)c(Cl)c1. The largest absolute Gasteiger partial charge is 0.445 e. The summed E-state index contributed by atoms with van der Waals surface area (Å²) in [5, 5.41) is 26.2. The van der Waals surface area contributed by atoms with E-state index in [0.29, 0.717) is 63.8 Å². The molecule has 51 heavy (non-hydrogen) atoms. The molecule has 4 aromatic carbocycles. The number of anilines is 3. The summed E-state index contributed by atoms with van der Waals surface area (Å²) in [5.41, 5.74) is 4.15. The van der Waals surface area contributed by atoms with Gasteiger partial charge in [-0.3, -0.25) is 4.98 Å². The lowest BCUT2D eigenvalue weighted by molar-refractivity contribution is 0.103. The fourth-order valence-electron chi connectivity index (χ4n) is 5.99. The predicted molar refractivity (Wildman–Crippen MR) is 190 cm³/mol. The minimum atomic E-state index is -0.640. The number of nitrogens with zero attached hydrogens (tertiary/aromatic N) is 6. The third-order valence-corrected chi connectivity index (χ3v) is 9.08. The zero-order valence-electron chi connectivity index (χ0n) is 26.7. The smallest absolute Gasteiger partial charge is 0.410 e. The highest BCUT2D eigenvalue weighted by atomic mass is 35.5. The second-order valence-corrected chi connectivity index (χ2v) is 12.8. The summed E-state index contributed by atoms with van der Waals surface area (Å²) in [6.45, 7) is 1.07. The van der Waals surface area contributed by atoms with Gasteiger partial charge in [-0.1, -0.05) is 70.9 Å². The van der Waals surface area contributed by atoms with Crippen LogP contribution in [0.1, 0.15) is 40.9 Å². The van der Waals surface area contributed by atoms with Gasteiger partial charge in [-0.25, -0.2) is 18.3 Å². The summed E-state index contributed by atoms with van der Waals surface area (Å²) in [6.07, 6.45) is 3.47. The predicted octanol–water partition coefficient (Wildman–Crippen LogP) is 8.81. The van der Waals surface area contributed by atoms with E-state index in [1.165, 1.54) is 36.5 Å². The second kappa shape index (κ2) is 14.6. The molecule has 7 rings (SSSR count). The lowest BCUT2D eigenvalue weighted by Crippen LogP contribution is -2.29. The van der Waals surface area contributed by atoms with E-state index >= 15 is 0 Å². The van der Waals surface area contributed by atoms with Crippen molar-refractivity contribution in [2.45, 2.75) is 25.1 Å². The van der Waals surface area contributed by atoms with Crippen LogP contribution in [-0.2, 0) is 11.3 Å². The first-order valence-corrected chi connectivity index (χ1v) is 16.6. The Kier molecular flexibility index (Phi) is 9.65. The third-order valence-electron chi connectivity index (χ3n) is 8.57. The number of benzene rings is 4. The van der Waals surface area contributed by atoms with Crippen molar-refractivity contribution in [1.82, 2.24) is 24.9 Å². The fraction of sp³-hybridized carbons (Fsp3) is 0.162. The van der Waals surface area contributed by atoms with Crippen LogP contribution in [0, 0.1) is 23.0 Å². The third kappa shape index (κ3) is 7.40. The van der Waals surface area contributed by atoms with E-state index in [1.807, 2.05) is 30.3 Å². The number of halogens is 4. The Morgan fingerprint density at radius 3 is 2.63 bits per heavy atom. The average molecular weight is 726 g/mol. The van der Waals surface area contributed by atoms with Gasteiger partial charge in [0.1, 0.15) is 30.0 Å². The highest BCUT2D eigenvalue weighted by Crippen LogP contribution is 2.38. The molecule has 256 valence electrons. The number of fused-ring (bicyclic) bond motifs is 1. The van der Waals surface area contributed by atoms with Crippen molar-refractivity contribution in [3.8, 4) is 6.07 Å². The molecule has 2 N–H and O–H groups in total. The van der Waals surface area contributed by atoms with Crippen LogP contribution >= 0.6 is 23.2 Å². The maximum atomic E-state index is 14.1. The second-order valence-electron chi connectivity index (χ2n) is 11.9. The van der Waals surface area contributed by atoms with Crippen molar-refractivity contribution in [3.05, 3.63) is 141 Å². The molecule has 1 amide bonds. The molecule has 0 saturated carbocycles. The van der Waals surface area contributed by atoms with E-state index in [9.17, 15) is 18.8 Å². The first-order chi connectivity index (χ1) is 24.7. The fourth-order valence-corrected chi connectivity index (χ4v) is 6.39. The zero-order chi connectivity index (χ0) is 35.5. The van der Waals surface area contributed by atoms with Gasteiger partial charge in [0.2, 0.25) is 0 Å². The molecule has 2 aromatic heterocycles. The number of ether oxygens (including phenoxy) is 1. The van der Waals surface area contributed by atoms with Gasteiger partial charge in [0.25, 0.3) is 0 Å². The van der Waals surface area contributed by atoms with Crippen LogP contribution in [0.25, 0.3) is 10.9 Å². The van der Waals surface area contributed by atoms with Crippen LogP contribution in [0.4, 0.5) is 30.6 Å². The molecule has 1 saturated heterocycles. The summed E-state index contributed by atoms with van der Waals surface area (Å²) in [7, 11) is 0. The number of hydrogen-bond donors (Lipinski definition) is 2. The van der Waals surface area contributed by atoms with Gasteiger partial charge in [-0.2, -0.15) is 5.26 Å². The minimum Gasteiger partial charge on any atom is -0.445 e. The molecule has 6 aromatic rings. The van der Waals surface area contributed by atoms with E-state index in [-0.39, 0.29) is 23.2 Å². The van der Waals surface area contributed by atoms with E-state index < -0.39 is 23.8 Å². The summed E-state index contributed by atoms with van der Waals surface area (Å²) in [6, 6.07) is 24.3. The van der Waals surface area contributed by atoms with Gasteiger partial charge in [-0.05, 0) is 60.0 Å². The Hall–Kier alpha value is -5.77. The van der Waals surface area contributed by atoms with Gasteiger partial charge >= 0.3 is 6.09 Å². The summed E-state index contributed by atoms with van der Waals surface area (Å²) < 4.78 is 35.2. The molecular formula is C37H28Cl2F2N8O2. The van der Waals surface area contributed by atoms with Crippen molar-refractivity contribution in [3.63, 3.8) is 0 Å². The molecule has 1 aliphatic heterocycles. The summed E-state index contributed by atoms with van der Waals surface area (Å²) >= 11 is 12.7. The lowest BCUT2D eigenvalue weighted by atomic mass is 10.0.